The molecule has 2 aromatic rings. The maximum absolute atomic E-state index is 12.6. The number of nitrogens with zero attached hydrogens (tertiary/aromatic N) is 3. The number of nitro benzene ring substituents is 1. The molecule has 1 saturated heterocycles. The number of anilines is 2. The number of carbonyl (C=O) groups excluding carboxylic acids is 1. The predicted molar refractivity (Wildman–Crippen MR) is 111 cm³/mol. The number of hydrogen-bond donors (Lipinski definition) is 1. The van der Waals surface area contributed by atoms with Gasteiger partial charge in [0.05, 0.1) is 22.6 Å². The summed E-state index contributed by atoms with van der Waals surface area (Å²) in [5, 5.41) is 13.8. The summed E-state index contributed by atoms with van der Waals surface area (Å²) in [6, 6.07) is 11.0. The minimum Gasteiger partial charge on any atom is -0.367 e. The second-order valence-corrected chi connectivity index (χ2v) is 8.93. The monoisotopic (exact) mass is 438 g/mol. The van der Waals surface area contributed by atoms with E-state index in [1.54, 1.807) is 12.1 Å². The van der Waals surface area contributed by atoms with E-state index in [1.165, 1.54) is 22.7 Å². The Labute approximate surface area is 173 Å². The lowest BCUT2D eigenvalue weighted by Crippen LogP contribution is -2.48. The molecule has 0 spiro atoms. The zero-order chi connectivity index (χ0) is 21.2. The van der Waals surface area contributed by atoms with Crippen LogP contribution in [0.2, 0.25) is 5.02 Å². The van der Waals surface area contributed by atoms with E-state index in [0.717, 1.165) is 11.8 Å². The SMILES string of the molecule is CS(=O)(=O)N1CCN(c2ccccc2NC(=O)c2ccc(Cl)c([N+](=O)[O-])c2)CC1. The summed E-state index contributed by atoms with van der Waals surface area (Å²) in [5.74, 6) is -0.507. The van der Waals surface area contributed by atoms with Crippen molar-refractivity contribution in [2.24, 2.45) is 0 Å². The maximum Gasteiger partial charge on any atom is 0.288 e. The quantitative estimate of drug-likeness (QED) is 0.567. The average molecular weight is 439 g/mol. The first-order valence-corrected chi connectivity index (χ1v) is 10.9. The van der Waals surface area contributed by atoms with Crippen molar-refractivity contribution in [3.05, 3.63) is 63.2 Å². The Kier molecular flexibility index (Phi) is 6.06. The molecule has 0 saturated carbocycles. The van der Waals surface area contributed by atoms with E-state index in [9.17, 15) is 23.3 Å². The number of rotatable bonds is 5. The minimum atomic E-state index is -3.24. The molecule has 0 radical (unpaired) electrons. The van der Waals surface area contributed by atoms with Crippen LogP contribution in [0.3, 0.4) is 0 Å². The molecule has 2 aromatic carbocycles. The minimum absolute atomic E-state index is 0.0457. The molecular weight excluding hydrogens is 420 g/mol. The van der Waals surface area contributed by atoms with E-state index in [2.05, 4.69) is 5.32 Å². The van der Waals surface area contributed by atoms with Gasteiger partial charge in [-0.2, -0.15) is 4.31 Å². The number of nitro groups is 1. The smallest absolute Gasteiger partial charge is 0.288 e. The molecule has 0 unspecified atom stereocenters. The Morgan fingerprint density at radius 1 is 1.14 bits per heavy atom. The summed E-state index contributed by atoms with van der Waals surface area (Å²) in [6.45, 7) is 1.66. The molecule has 1 amide bonds. The maximum atomic E-state index is 12.6. The van der Waals surface area contributed by atoms with Gasteiger partial charge in [0.15, 0.2) is 0 Å². The van der Waals surface area contributed by atoms with Crippen LogP contribution in [-0.4, -0.2) is 56.0 Å². The van der Waals surface area contributed by atoms with Crippen molar-refractivity contribution in [1.82, 2.24) is 4.31 Å². The van der Waals surface area contributed by atoms with Crippen LogP contribution in [-0.2, 0) is 10.0 Å². The molecule has 9 nitrogen and oxygen atoms in total. The van der Waals surface area contributed by atoms with E-state index in [-0.39, 0.29) is 16.3 Å². The summed E-state index contributed by atoms with van der Waals surface area (Å²) < 4.78 is 24.8. The zero-order valence-electron chi connectivity index (χ0n) is 15.5. The molecule has 0 aromatic heterocycles. The lowest BCUT2D eigenvalue weighted by molar-refractivity contribution is -0.384. The van der Waals surface area contributed by atoms with E-state index in [0.29, 0.717) is 31.9 Å². The van der Waals surface area contributed by atoms with Crippen molar-refractivity contribution in [3.63, 3.8) is 0 Å². The third kappa shape index (κ3) is 4.84. The molecule has 0 aliphatic carbocycles. The van der Waals surface area contributed by atoms with Crippen molar-refractivity contribution in [1.29, 1.82) is 0 Å². The van der Waals surface area contributed by atoms with Crippen LogP contribution in [0.15, 0.2) is 42.5 Å². The fourth-order valence-corrected chi connectivity index (χ4v) is 4.12. The largest absolute Gasteiger partial charge is 0.367 e. The Balaban J connectivity index is 1.79. The summed E-state index contributed by atoms with van der Waals surface area (Å²) in [4.78, 5) is 25.0. The molecule has 3 rings (SSSR count). The van der Waals surface area contributed by atoms with Gasteiger partial charge >= 0.3 is 0 Å². The number of halogens is 1. The molecule has 1 N–H and O–H groups in total. The second-order valence-electron chi connectivity index (χ2n) is 6.54. The average Bonchev–Trinajstić information content (AvgIpc) is 2.68. The lowest BCUT2D eigenvalue weighted by atomic mass is 10.1. The highest BCUT2D eigenvalue weighted by atomic mass is 35.5. The summed E-state index contributed by atoms with van der Waals surface area (Å²) in [6.07, 6.45) is 1.18. The number of hydrogen-bond acceptors (Lipinski definition) is 6. The van der Waals surface area contributed by atoms with Crippen molar-refractivity contribution in [2.45, 2.75) is 0 Å². The molecule has 11 heteroatoms. The highest BCUT2D eigenvalue weighted by Crippen LogP contribution is 2.29. The third-order valence-corrected chi connectivity index (χ3v) is 6.23. The summed E-state index contributed by atoms with van der Waals surface area (Å²) in [5.41, 5.74) is 1.04. The first-order chi connectivity index (χ1) is 13.7. The number of carbonyl (C=O) groups is 1. The molecular formula is C18H19ClN4O5S. The third-order valence-electron chi connectivity index (χ3n) is 4.61. The van der Waals surface area contributed by atoms with Crippen molar-refractivity contribution in [2.75, 3.05) is 42.7 Å². The number of amides is 1. The van der Waals surface area contributed by atoms with Gasteiger partial charge in [0.1, 0.15) is 5.02 Å². The second kappa shape index (κ2) is 8.36. The lowest BCUT2D eigenvalue weighted by Gasteiger charge is -2.35. The molecule has 0 bridgehead atoms. The van der Waals surface area contributed by atoms with Gasteiger partial charge in [-0.05, 0) is 24.3 Å². The normalized spacial score (nSPS) is 15.2. The topological polar surface area (TPSA) is 113 Å². The van der Waals surface area contributed by atoms with Gasteiger partial charge in [0, 0.05) is 37.8 Å². The number of nitrogens with one attached hydrogen (secondary N) is 1. The van der Waals surface area contributed by atoms with Crippen LogP contribution in [0.1, 0.15) is 10.4 Å². The molecule has 1 aliphatic rings. The first kappa shape index (κ1) is 21.0. The number of piperazine rings is 1. The Hall–Kier alpha value is -2.69. The Morgan fingerprint density at radius 3 is 2.41 bits per heavy atom. The van der Waals surface area contributed by atoms with E-state index in [1.807, 2.05) is 17.0 Å². The van der Waals surface area contributed by atoms with Gasteiger partial charge in [-0.15, -0.1) is 0 Å². The first-order valence-electron chi connectivity index (χ1n) is 8.71. The van der Waals surface area contributed by atoms with E-state index < -0.39 is 20.9 Å². The molecule has 1 heterocycles. The van der Waals surface area contributed by atoms with Gasteiger partial charge in [0.2, 0.25) is 10.0 Å². The fourth-order valence-electron chi connectivity index (χ4n) is 3.10. The van der Waals surface area contributed by atoms with Crippen LogP contribution in [0.5, 0.6) is 0 Å². The van der Waals surface area contributed by atoms with Gasteiger partial charge in [0.25, 0.3) is 11.6 Å². The fraction of sp³-hybridized carbons (Fsp3) is 0.278. The van der Waals surface area contributed by atoms with Crippen LogP contribution >= 0.6 is 11.6 Å². The van der Waals surface area contributed by atoms with Crippen LogP contribution < -0.4 is 10.2 Å². The standard InChI is InChI=1S/C18H19ClN4O5S/c1-29(27,28)22-10-8-21(9-11-22)16-5-3-2-4-15(16)20-18(24)13-6-7-14(19)17(12-13)23(25)26/h2-7,12H,8-11H2,1H3,(H,20,24). The van der Waals surface area contributed by atoms with Gasteiger partial charge in [-0.1, -0.05) is 23.7 Å². The van der Waals surface area contributed by atoms with Gasteiger partial charge < -0.3 is 10.2 Å². The van der Waals surface area contributed by atoms with Crippen molar-refractivity contribution >= 4 is 44.6 Å². The van der Waals surface area contributed by atoms with Gasteiger partial charge in [-0.25, -0.2) is 8.42 Å². The number of para-hydroxylation sites is 2. The molecule has 0 atom stereocenters. The zero-order valence-corrected chi connectivity index (χ0v) is 17.1. The van der Waals surface area contributed by atoms with Crippen molar-refractivity contribution in [3.8, 4) is 0 Å². The predicted octanol–water partition coefficient (Wildman–Crippen LogP) is 2.58. The Bertz CT molecular complexity index is 1050. The molecule has 1 fully saturated rings. The number of benzene rings is 2. The Morgan fingerprint density at radius 2 is 1.79 bits per heavy atom. The summed E-state index contributed by atoms with van der Waals surface area (Å²) in [7, 11) is -3.24. The summed E-state index contributed by atoms with van der Waals surface area (Å²) >= 11 is 5.80. The highest BCUT2D eigenvalue weighted by Gasteiger charge is 2.25. The molecule has 29 heavy (non-hydrogen) atoms. The van der Waals surface area contributed by atoms with Crippen LogP contribution in [0, 0.1) is 10.1 Å². The highest BCUT2D eigenvalue weighted by molar-refractivity contribution is 7.88. The van der Waals surface area contributed by atoms with Gasteiger partial charge in [-0.3, -0.25) is 14.9 Å². The molecule has 154 valence electrons. The van der Waals surface area contributed by atoms with Crippen LogP contribution in [0.25, 0.3) is 0 Å². The van der Waals surface area contributed by atoms with Crippen molar-refractivity contribution < 1.29 is 18.1 Å². The molecule has 1 aliphatic heterocycles. The van der Waals surface area contributed by atoms with E-state index in [4.69, 9.17) is 11.6 Å². The van der Waals surface area contributed by atoms with E-state index >= 15 is 0 Å². The van der Waals surface area contributed by atoms with Crippen LogP contribution in [0.4, 0.5) is 17.1 Å². The number of sulfonamides is 1.